The Bertz CT molecular complexity index is 1220. The summed E-state index contributed by atoms with van der Waals surface area (Å²) >= 11 is 0. The molecule has 0 bridgehead atoms. The van der Waals surface area contributed by atoms with E-state index in [9.17, 15) is 17.6 Å². The van der Waals surface area contributed by atoms with E-state index in [4.69, 9.17) is 13.3 Å². The van der Waals surface area contributed by atoms with E-state index in [2.05, 4.69) is 5.32 Å². The lowest BCUT2D eigenvalue weighted by Gasteiger charge is -2.28. The molecule has 1 heterocycles. The molecule has 182 valence electrons. The summed E-state index contributed by atoms with van der Waals surface area (Å²) in [5.74, 6) is 0.154. The predicted molar refractivity (Wildman–Crippen MR) is 123 cm³/mol. The first kappa shape index (κ1) is 25.1. The molecule has 0 aliphatic carbocycles. The van der Waals surface area contributed by atoms with Gasteiger partial charge >= 0.3 is 16.1 Å². The Balaban J connectivity index is 1.88. The molecule has 34 heavy (non-hydrogen) atoms. The Morgan fingerprint density at radius 1 is 1.06 bits per heavy atom. The fraction of sp³-hybridized carbons (Fsp3) is 0.292. The van der Waals surface area contributed by atoms with Gasteiger partial charge in [-0.2, -0.15) is 8.42 Å². The number of benzene rings is 2. The number of halogens is 1. The van der Waals surface area contributed by atoms with Gasteiger partial charge in [-0.1, -0.05) is 6.07 Å². The predicted octanol–water partition coefficient (Wildman–Crippen LogP) is 4.71. The normalized spacial score (nSPS) is 11.7. The maximum absolute atomic E-state index is 13.2. The smallest absolute Gasteiger partial charge is 0.339 e. The first-order chi connectivity index (χ1) is 16.0. The van der Waals surface area contributed by atoms with Crippen LogP contribution in [0.2, 0.25) is 0 Å². The highest BCUT2D eigenvalue weighted by molar-refractivity contribution is 7.87. The molecule has 0 radical (unpaired) electrons. The fourth-order valence-electron chi connectivity index (χ4n) is 3.06. The van der Waals surface area contributed by atoms with Crippen LogP contribution in [0.4, 0.5) is 9.18 Å². The Kier molecular flexibility index (Phi) is 7.51. The van der Waals surface area contributed by atoms with Crippen molar-refractivity contribution in [2.24, 2.45) is 0 Å². The van der Waals surface area contributed by atoms with Crippen LogP contribution in [-0.4, -0.2) is 32.0 Å². The third kappa shape index (κ3) is 6.74. The number of hydrogen-bond donors (Lipinski definition) is 1. The van der Waals surface area contributed by atoms with Crippen LogP contribution in [0.15, 0.2) is 70.2 Å². The van der Waals surface area contributed by atoms with Gasteiger partial charge in [0.25, 0.3) is 0 Å². The molecule has 0 aliphatic rings. The quantitative estimate of drug-likeness (QED) is 0.460. The van der Waals surface area contributed by atoms with Crippen LogP contribution in [0.25, 0.3) is 0 Å². The lowest BCUT2D eigenvalue weighted by Crippen LogP contribution is -2.47. The topological polar surface area (TPSA) is 98.1 Å². The summed E-state index contributed by atoms with van der Waals surface area (Å²) in [7, 11) is -2.86. The fourth-order valence-corrected chi connectivity index (χ4v) is 3.99. The van der Waals surface area contributed by atoms with Gasteiger partial charge in [-0.15, -0.1) is 0 Å². The molecule has 0 unspecified atom stereocenters. The van der Waals surface area contributed by atoms with Crippen LogP contribution in [0.5, 0.6) is 11.5 Å². The minimum Gasteiger partial charge on any atom is -0.493 e. The van der Waals surface area contributed by atoms with Gasteiger partial charge in [0, 0.05) is 12.1 Å². The maximum Gasteiger partial charge on any atom is 0.339 e. The summed E-state index contributed by atoms with van der Waals surface area (Å²) in [5, 5.41) is 2.92. The number of nitrogens with one attached hydrogen (secondary N) is 1. The monoisotopic (exact) mass is 490 g/mol. The van der Waals surface area contributed by atoms with Crippen molar-refractivity contribution < 1.29 is 30.9 Å². The van der Waals surface area contributed by atoms with Crippen LogP contribution in [0.1, 0.15) is 32.1 Å². The van der Waals surface area contributed by atoms with Gasteiger partial charge in [0.05, 0.1) is 19.9 Å². The minimum absolute atomic E-state index is 0.0569. The highest BCUT2D eigenvalue weighted by Gasteiger charge is 2.23. The molecule has 3 aromatic rings. The number of methoxy groups -OCH3 is 1. The van der Waals surface area contributed by atoms with Gasteiger partial charge < -0.3 is 23.6 Å². The Hall–Kier alpha value is -3.53. The van der Waals surface area contributed by atoms with Crippen molar-refractivity contribution >= 4 is 16.1 Å². The van der Waals surface area contributed by atoms with Crippen LogP contribution >= 0.6 is 0 Å². The number of urea groups is 1. The van der Waals surface area contributed by atoms with Gasteiger partial charge in [0.2, 0.25) is 0 Å². The number of rotatable bonds is 8. The number of furan rings is 1. The number of carbonyl (C=O) groups excluding carboxylic acids is 1. The van der Waals surface area contributed by atoms with E-state index < -0.39 is 21.5 Å². The zero-order valence-corrected chi connectivity index (χ0v) is 20.2. The Morgan fingerprint density at radius 3 is 2.35 bits per heavy atom. The van der Waals surface area contributed by atoms with Gasteiger partial charge in [-0.3, -0.25) is 0 Å². The molecule has 0 fully saturated rings. The van der Waals surface area contributed by atoms with Crippen molar-refractivity contribution in [3.8, 4) is 11.5 Å². The van der Waals surface area contributed by atoms with E-state index in [-0.39, 0.29) is 35.5 Å². The molecule has 1 aromatic heterocycles. The molecule has 10 heteroatoms. The highest BCUT2D eigenvalue weighted by Crippen LogP contribution is 2.31. The molecule has 1 N–H and O–H groups in total. The summed E-state index contributed by atoms with van der Waals surface area (Å²) in [4.78, 5) is 14.3. The van der Waals surface area contributed by atoms with Crippen molar-refractivity contribution in [3.05, 3.63) is 78.0 Å². The summed E-state index contributed by atoms with van der Waals surface area (Å²) in [6.07, 6.45) is 1.52. The van der Waals surface area contributed by atoms with Gasteiger partial charge in [0.1, 0.15) is 16.5 Å². The molecule has 8 nitrogen and oxygen atoms in total. The first-order valence-corrected chi connectivity index (χ1v) is 11.8. The van der Waals surface area contributed by atoms with Crippen molar-refractivity contribution in [1.29, 1.82) is 0 Å². The Labute approximate surface area is 198 Å². The van der Waals surface area contributed by atoms with E-state index >= 15 is 0 Å². The molecular weight excluding hydrogens is 463 g/mol. The average Bonchev–Trinajstić information content (AvgIpc) is 3.25. The molecular formula is C24H27FN2O6S. The summed E-state index contributed by atoms with van der Waals surface area (Å²) in [5.41, 5.74) is 0.136. The molecule has 0 saturated carbocycles. The lowest BCUT2D eigenvalue weighted by molar-refractivity contribution is 0.178. The van der Waals surface area contributed by atoms with E-state index in [1.165, 1.54) is 24.3 Å². The molecule has 0 spiro atoms. The third-order valence-corrected chi connectivity index (χ3v) is 5.85. The average molecular weight is 491 g/mol. The van der Waals surface area contributed by atoms with E-state index in [1.807, 2.05) is 20.8 Å². The minimum atomic E-state index is -4.24. The number of nitrogens with zero attached hydrogens (tertiary/aromatic N) is 1. The molecule has 2 aromatic carbocycles. The van der Waals surface area contributed by atoms with Crippen LogP contribution in [0, 0.1) is 5.82 Å². The summed E-state index contributed by atoms with van der Waals surface area (Å²) < 4.78 is 54.6. The summed E-state index contributed by atoms with van der Waals surface area (Å²) in [6, 6.07) is 12.2. The summed E-state index contributed by atoms with van der Waals surface area (Å²) in [6.45, 7) is 5.95. The standard InChI is InChI=1S/C24H27FN2O6S/c1-24(2,3)26-23(28)27(16-19-6-5-13-32-19)15-17-7-12-21(31-4)22(14-17)33-34(29,30)20-10-8-18(25)9-11-20/h5-14H,15-16H2,1-4H3,(H,26,28). The maximum atomic E-state index is 13.2. The largest absolute Gasteiger partial charge is 0.493 e. The third-order valence-electron chi connectivity index (χ3n) is 4.60. The van der Waals surface area contributed by atoms with E-state index in [0.717, 1.165) is 24.3 Å². The number of hydrogen-bond acceptors (Lipinski definition) is 6. The van der Waals surface area contributed by atoms with Crippen LogP contribution in [0.3, 0.4) is 0 Å². The second kappa shape index (κ2) is 10.2. The number of amides is 2. The molecule has 0 saturated heterocycles. The van der Waals surface area contributed by atoms with Crippen LogP contribution in [-0.2, 0) is 23.2 Å². The van der Waals surface area contributed by atoms with Crippen molar-refractivity contribution in [2.45, 2.75) is 44.3 Å². The number of ether oxygens (including phenoxy) is 1. The van der Waals surface area contributed by atoms with Gasteiger partial charge in [0.15, 0.2) is 11.5 Å². The molecule has 2 amide bonds. The molecule has 0 atom stereocenters. The van der Waals surface area contributed by atoms with Gasteiger partial charge in [-0.25, -0.2) is 9.18 Å². The van der Waals surface area contributed by atoms with Gasteiger partial charge in [-0.05, 0) is 74.9 Å². The zero-order valence-electron chi connectivity index (χ0n) is 19.4. The number of carbonyl (C=O) groups is 1. The van der Waals surface area contributed by atoms with Crippen LogP contribution < -0.4 is 14.2 Å². The second-order valence-corrected chi connectivity index (χ2v) is 10.1. The lowest BCUT2D eigenvalue weighted by atomic mass is 10.1. The highest BCUT2D eigenvalue weighted by atomic mass is 32.2. The SMILES string of the molecule is COc1ccc(CN(Cc2ccco2)C(=O)NC(C)(C)C)cc1OS(=O)(=O)c1ccc(F)cc1. The Morgan fingerprint density at radius 2 is 1.76 bits per heavy atom. The second-order valence-electron chi connectivity index (χ2n) is 8.59. The van der Waals surface area contributed by atoms with Crippen molar-refractivity contribution in [3.63, 3.8) is 0 Å². The first-order valence-electron chi connectivity index (χ1n) is 10.4. The zero-order chi connectivity index (χ0) is 24.9. The van der Waals surface area contributed by atoms with E-state index in [1.54, 1.807) is 24.3 Å². The molecule has 3 rings (SSSR count). The van der Waals surface area contributed by atoms with Crippen molar-refractivity contribution in [2.75, 3.05) is 7.11 Å². The molecule has 0 aliphatic heterocycles. The van der Waals surface area contributed by atoms with E-state index in [0.29, 0.717) is 11.3 Å². The van der Waals surface area contributed by atoms with Crippen molar-refractivity contribution in [1.82, 2.24) is 10.2 Å².